The zero-order chi connectivity index (χ0) is 38.0. The molecule has 0 spiro atoms. The number of alkyl halides is 3. The van der Waals surface area contributed by atoms with Gasteiger partial charge in [0.2, 0.25) is 0 Å². The summed E-state index contributed by atoms with van der Waals surface area (Å²) in [4.78, 5) is 4.08. The van der Waals surface area contributed by atoms with Gasteiger partial charge in [-0.25, -0.2) is 4.85 Å². The number of benzene rings is 7. The van der Waals surface area contributed by atoms with Gasteiger partial charge in [0, 0.05) is 38.4 Å². The monoisotopic (exact) mass is 717 g/mol. The number of aryl methyl sites for hydroxylation is 1. The Labute approximate surface area is 313 Å². The Morgan fingerprint density at radius 3 is 1.60 bits per heavy atom. The highest BCUT2D eigenvalue weighted by Crippen LogP contribution is 2.49. The average Bonchev–Trinajstić information content (AvgIpc) is 3.71. The zero-order valence-corrected chi connectivity index (χ0v) is 29.1. The Bertz CT molecular complexity index is 3200. The van der Waals surface area contributed by atoms with Crippen LogP contribution >= 0.6 is 0 Å². The van der Waals surface area contributed by atoms with E-state index in [1.54, 1.807) is 25.1 Å². The Kier molecular flexibility index (Phi) is 7.57. The number of rotatable bonds is 4. The van der Waals surface area contributed by atoms with Crippen molar-refractivity contribution in [2.45, 2.75) is 13.1 Å². The van der Waals surface area contributed by atoms with Crippen molar-refractivity contribution in [2.24, 2.45) is 0 Å². The van der Waals surface area contributed by atoms with E-state index in [2.05, 4.69) is 26.1 Å². The summed E-state index contributed by atoms with van der Waals surface area (Å²) < 4.78 is 46.2. The molecule has 8 heteroatoms. The van der Waals surface area contributed by atoms with E-state index in [1.165, 1.54) is 6.07 Å². The molecule has 260 valence electrons. The third-order valence-electron chi connectivity index (χ3n) is 10.4. The predicted molar refractivity (Wildman–Crippen MR) is 211 cm³/mol. The standard InChI is InChI=1S/C47H26F3N5/c1-28-23-31(47(48,49)50)19-20-32(28)35-11-7-15-43(54-39-13-5-3-9-33(39)36-24-29(26-51)17-21-41(36)54)45(35)46-38(53-2)12-8-16-44(46)55-40-14-6-4-10-34(40)37-25-30(27-52)18-22-42(37)55/h3-25H,1H3. The third-order valence-corrected chi connectivity index (χ3v) is 10.4. The molecule has 5 nitrogen and oxygen atoms in total. The molecule has 0 aliphatic rings. The van der Waals surface area contributed by atoms with Crippen LogP contribution < -0.4 is 0 Å². The van der Waals surface area contributed by atoms with Crippen molar-refractivity contribution in [3.63, 3.8) is 0 Å². The van der Waals surface area contributed by atoms with E-state index in [0.717, 1.165) is 55.7 Å². The summed E-state index contributed by atoms with van der Waals surface area (Å²) in [6.45, 7) is 10.2. The van der Waals surface area contributed by atoms with Gasteiger partial charge in [0.15, 0.2) is 5.69 Å². The summed E-state index contributed by atoms with van der Waals surface area (Å²) in [5, 5.41) is 23.2. The van der Waals surface area contributed by atoms with Crippen LogP contribution in [0.5, 0.6) is 0 Å². The fourth-order valence-electron chi connectivity index (χ4n) is 8.02. The Morgan fingerprint density at radius 2 is 1.07 bits per heavy atom. The molecule has 9 rings (SSSR count). The number of hydrogen-bond acceptors (Lipinski definition) is 2. The topological polar surface area (TPSA) is 61.8 Å². The molecule has 0 bridgehead atoms. The molecule has 9 aromatic rings. The van der Waals surface area contributed by atoms with E-state index in [1.807, 2.05) is 103 Å². The molecule has 0 atom stereocenters. The van der Waals surface area contributed by atoms with Crippen molar-refractivity contribution in [3.05, 3.63) is 173 Å². The first kappa shape index (κ1) is 33.3. The lowest BCUT2D eigenvalue weighted by Crippen LogP contribution is -2.06. The van der Waals surface area contributed by atoms with Crippen molar-refractivity contribution in [3.8, 4) is 45.8 Å². The Hall–Kier alpha value is -7.60. The second-order valence-corrected chi connectivity index (χ2v) is 13.4. The van der Waals surface area contributed by atoms with Crippen LogP contribution in [0.15, 0.2) is 140 Å². The highest BCUT2D eigenvalue weighted by Gasteiger charge is 2.31. The van der Waals surface area contributed by atoms with Crippen LogP contribution in [0.3, 0.4) is 0 Å². The molecule has 0 saturated carbocycles. The fraction of sp³-hybridized carbons (Fsp3) is 0.0426. The smallest absolute Gasteiger partial charge is 0.310 e. The summed E-state index contributed by atoms with van der Waals surface area (Å²) in [5.41, 5.74) is 8.31. The molecule has 2 aromatic heterocycles. The van der Waals surface area contributed by atoms with Gasteiger partial charge in [-0.05, 0) is 96.4 Å². The first-order valence-electron chi connectivity index (χ1n) is 17.4. The lowest BCUT2D eigenvalue weighted by atomic mass is 9.88. The summed E-state index contributed by atoms with van der Waals surface area (Å²) >= 11 is 0. The van der Waals surface area contributed by atoms with Crippen LogP contribution in [0.2, 0.25) is 0 Å². The number of aromatic nitrogens is 2. The maximum Gasteiger partial charge on any atom is 0.416 e. The van der Waals surface area contributed by atoms with E-state index in [9.17, 15) is 23.7 Å². The Balaban J connectivity index is 1.47. The minimum absolute atomic E-state index is 0.350. The molecule has 7 aromatic carbocycles. The van der Waals surface area contributed by atoms with Crippen LogP contribution in [0.1, 0.15) is 22.3 Å². The summed E-state index contributed by atoms with van der Waals surface area (Å²) in [6, 6.07) is 46.5. The fourth-order valence-corrected chi connectivity index (χ4v) is 8.02. The van der Waals surface area contributed by atoms with Crippen LogP contribution in [0, 0.1) is 36.2 Å². The number of nitriles is 2. The normalized spacial score (nSPS) is 11.6. The Morgan fingerprint density at radius 1 is 0.545 bits per heavy atom. The van der Waals surface area contributed by atoms with Crippen LogP contribution in [-0.4, -0.2) is 9.13 Å². The SMILES string of the molecule is [C-]#[N+]c1cccc(-n2c3ccccc3c3cc(C#N)ccc32)c1-c1c(-c2ccc(C(F)(F)F)cc2C)cccc1-n1c2ccccc2c2cc(C#N)ccc21. The van der Waals surface area contributed by atoms with Crippen LogP contribution in [0.4, 0.5) is 18.9 Å². The first-order valence-corrected chi connectivity index (χ1v) is 17.4. The highest BCUT2D eigenvalue weighted by molar-refractivity contribution is 6.13. The summed E-state index contributed by atoms with van der Waals surface area (Å²) in [5.74, 6) is 0. The summed E-state index contributed by atoms with van der Waals surface area (Å²) in [6.07, 6.45) is -4.52. The number of fused-ring (bicyclic) bond motifs is 6. The molecule has 0 N–H and O–H groups in total. The third kappa shape index (κ3) is 5.14. The molecule has 0 radical (unpaired) electrons. The number of para-hydroxylation sites is 2. The number of halogens is 3. The minimum Gasteiger partial charge on any atom is -0.310 e. The van der Waals surface area contributed by atoms with Crippen LogP contribution in [0.25, 0.3) is 82.1 Å². The van der Waals surface area contributed by atoms with Gasteiger partial charge in [-0.2, -0.15) is 23.7 Å². The molecule has 55 heavy (non-hydrogen) atoms. The molecule has 0 aliphatic heterocycles. The highest BCUT2D eigenvalue weighted by atomic mass is 19.4. The first-order chi connectivity index (χ1) is 26.7. The second kappa shape index (κ2) is 12.5. The molecule has 2 heterocycles. The maximum absolute atomic E-state index is 14.0. The zero-order valence-electron chi connectivity index (χ0n) is 29.1. The van der Waals surface area contributed by atoms with Crippen molar-refractivity contribution >= 4 is 49.3 Å². The van der Waals surface area contributed by atoms with E-state index >= 15 is 0 Å². The lowest BCUT2D eigenvalue weighted by Gasteiger charge is -2.23. The molecule has 0 unspecified atom stereocenters. The van der Waals surface area contributed by atoms with E-state index in [0.29, 0.717) is 56.0 Å². The number of nitrogens with zero attached hydrogens (tertiary/aromatic N) is 5. The van der Waals surface area contributed by atoms with E-state index < -0.39 is 11.7 Å². The van der Waals surface area contributed by atoms with Crippen molar-refractivity contribution in [1.29, 1.82) is 10.5 Å². The van der Waals surface area contributed by atoms with Gasteiger partial charge in [-0.3, -0.25) is 0 Å². The predicted octanol–water partition coefficient (Wildman–Crippen LogP) is 12.8. The molecule has 0 aliphatic carbocycles. The van der Waals surface area contributed by atoms with Gasteiger partial charge in [-0.1, -0.05) is 66.7 Å². The average molecular weight is 718 g/mol. The van der Waals surface area contributed by atoms with Crippen molar-refractivity contribution < 1.29 is 13.2 Å². The van der Waals surface area contributed by atoms with Crippen molar-refractivity contribution in [1.82, 2.24) is 9.13 Å². The van der Waals surface area contributed by atoms with Gasteiger partial charge in [0.1, 0.15) is 0 Å². The molecule has 0 saturated heterocycles. The molecular formula is C47H26F3N5. The van der Waals surface area contributed by atoms with Crippen LogP contribution in [-0.2, 0) is 6.18 Å². The van der Waals surface area contributed by atoms with Crippen molar-refractivity contribution in [2.75, 3.05) is 0 Å². The molecular weight excluding hydrogens is 692 g/mol. The molecule has 0 amide bonds. The van der Waals surface area contributed by atoms with E-state index in [-0.39, 0.29) is 0 Å². The summed E-state index contributed by atoms with van der Waals surface area (Å²) in [7, 11) is 0. The lowest BCUT2D eigenvalue weighted by molar-refractivity contribution is -0.137. The number of hydrogen-bond donors (Lipinski definition) is 0. The van der Waals surface area contributed by atoms with E-state index in [4.69, 9.17) is 6.57 Å². The van der Waals surface area contributed by atoms with Gasteiger partial charge in [0.25, 0.3) is 0 Å². The van der Waals surface area contributed by atoms with Gasteiger partial charge >= 0.3 is 6.18 Å². The second-order valence-electron chi connectivity index (χ2n) is 13.4. The molecule has 0 fully saturated rings. The van der Waals surface area contributed by atoms with Gasteiger partial charge in [0.05, 0.1) is 63.2 Å². The maximum atomic E-state index is 14.0. The quantitative estimate of drug-likeness (QED) is 0.170. The minimum atomic E-state index is -4.52. The van der Waals surface area contributed by atoms with Gasteiger partial charge in [-0.15, -0.1) is 0 Å². The van der Waals surface area contributed by atoms with Gasteiger partial charge < -0.3 is 9.13 Å². The largest absolute Gasteiger partial charge is 0.416 e.